The van der Waals surface area contributed by atoms with Crippen molar-refractivity contribution in [3.05, 3.63) is 218 Å². The summed E-state index contributed by atoms with van der Waals surface area (Å²) in [6, 6.07) is 76.8. The van der Waals surface area contributed by atoms with Crippen LogP contribution in [0.5, 0.6) is 34.6 Å². The van der Waals surface area contributed by atoms with Crippen LogP contribution in [0.2, 0.25) is 0 Å². The van der Waals surface area contributed by atoms with Crippen molar-refractivity contribution in [2.45, 2.75) is 0 Å². The van der Waals surface area contributed by atoms with E-state index in [4.69, 9.17) is 19.2 Å². The van der Waals surface area contributed by atoms with E-state index in [0.29, 0.717) is 11.6 Å². The van der Waals surface area contributed by atoms with Crippen molar-refractivity contribution in [2.75, 3.05) is 9.80 Å². The highest BCUT2D eigenvalue weighted by atomic mass is 16.5. The fraction of sp³-hybridized carbons (Fsp3) is 0. The maximum absolute atomic E-state index is 7.22. The van der Waals surface area contributed by atoms with Crippen LogP contribution in [0, 0.1) is 0 Å². The number of anilines is 6. The van der Waals surface area contributed by atoms with Crippen molar-refractivity contribution >= 4 is 102 Å². The number of ether oxygens (including phenoxy) is 3. The summed E-state index contributed by atoms with van der Waals surface area (Å²) >= 11 is 0. The second-order valence-electron chi connectivity index (χ2n) is 17.8. The average Bonchev–Trinajstić information content (AvgIpc) is 3.73. The molecule has 0 atom stereocenters. The van der Waals surface area contributed by atoms with Gasteiger partial charge in [0, 0.05) is 57.2 Å². The van der Waals surface area contributed by atoms with Gasteiger partial charge in [0.05, 0.1) is 22.4 Å². The zero-order chi connectivity index (χ0) is 44.5. The van der Waals surface area contributed by atoms with Gasteiger partial charge in [-0.15, -0.1) is 0 Å². The third kappa shape index (κ3) is 5.35. The van der Waals surface area contributed by atoms with E-state index in [1.54, 1.807) is 0 Å². The number of benzene rings is 9. The molecular formula is C59H36B2N4O3. The van der Waals surface area contributed by atoms with Crippen LogP contribution in [-0.2, 0) is 0 Å². The normalized spacial score (nSPS) is 13.3. The molecule has 0 amide bonds. The molecule has 9 aromatic carbocycles. The number of fused-ring (bicyclic) bond motifs is 11. The maximum Gasteiger partial charge on any atom is 0.262 e. The Morgan fingerprint density at radius 2 is 0.897 bits per heavy atom. The van der Waals surface area contributed by atoms with E-state index in [-0.39, 0.29) is 13.4 Å². The Morgan fingerprint density at radius 3 is 1.53 bits per heavy atom. The summed E-state index contributed by atoms with van der Waals surface area (Å²) in [6.45, 7) is -0.394. The van der Waals surface area contributed by atoms with Crippen molar-refractivity contribution in [1.29, 1.82) is 0 Å². The standard InChI is InChI=1S/C59H36B2N4O3/c1-4-18-37(19-5-1)63(38-20-6-2-7-21-38)41-34-54-57-55(35-41)68-59-47(61(57)45-27-13-17-31-52(45)67-54)36-46-58(62-59)65(39-22-8-3-9-23-39)50-32-40(33-53-56(50)60(46)44-26-12-16-30-51(44)66-53)64-48-28-14-10-24-42(48)43-25-11-15-29-49(43)64/h1-36H. The minimum absolute atomic E-state index is 0.187. The molecule has 0 spiro atoms. The van der Waals surface area contributed by atoms with Crippen LogP contribution in [0.4, 0.5) is 34.3 Å². The van der Waals surface area contributed by atoms with Crippen LogP contribution in [0.3, 0.4) is 0 Å². The quantitative estimate of drug-likeness (QED) is 0.161. The van der Waals surface area contributed by atoms with Crippen LogP contribution in [0.1, 0.15) is 0 Å². The number of hydrogen-bond acceptors (Lipinski definition) is 6. The molecule has 7 nitrogen and oxygen atoms in total. The monoisotopic (exact) mass is 870 g/mol. The number of rotatable bonds is 5. The molecule has 68 heavy (non-hydrogen) atoms. The molecule has 0 saturated carbocycles. The van der Waals surface area contributed by atoms with Gasteiger partial charge in [-0.2, -0.15) is 4.98 Å². The highest BCUT2D eigenvalue weighted by molar-refractivity contribution is 7.01. The van der Waals surface area contributed by atoms with Crippen LogP contribution in [0.25, 0.3) is 27.5 Å². The Morgan fingerprint density at radius 1 is 0.382 bits per heavy atom. The number of hydrogen-bond donors (Lipinski definition) is 0. The van der Waals surface area contributed by atoms with E-state index >= 15 is 0 Å². The Labute approximate surface area is 392 Å². The highest BCUT2D eigenvalue weighted by Gasteiger charge is 2.47. The fourth-order valence-electron chi connectivity index (χ4n) is 11.3. The first kappa shape index (κ1) is 37.3. The zero-order valence-electron chi connectivity index (χ0n) is 36.5. The van der Waals surface area contributed by atoms with Gasteiger partial charge in [-0.1, -0.05) is 133 Å². The van der Waals surface area contributed by atoms with E-state index in [0.717, 1.165) is 107 Å². The molecule has 4 aliphatic heterocycles. The third-order valence-corrected chi connectivity index (χ3v) is 14.1. The lowest BCUT2D eigenvalue weighted by atomic mass is 9.31. The van der Waals surface area contributed by atoms with Crippen LogP contribution >= 0.6 is 0 Å². The summed E-state index contributed by atoms with van der Waals surface area (Å²) in [6.07, 6.45) is 0. The molecule has 0 unspecified atom stereocenters. The molecule has 4 aliphatic rings. The molecule has 11 aromatic rings. The second-order valence-corrected chi connectivity index (χ2v) is 17.8. The van der Waals surface area contributed by atoms with E-state index in [2.05, 4.69) is 215 Å². The molecule has 0 bridgehead atoms. The smallest absolute Gasteiger partial charge is 0.262 e. The lowest BCUT2D eigenvalue weighted by Crippen LogP contribution is -2.63. The largest absolute Gasteiger partial charge is 0.458 e. The number of para-hydroxylation sites is 7. The Hall–Kier alpha value is -8.94. The van der Waals surface area contributed by atoms with Crippen molar-refractivity contribution < 1.29 is 14.2 Å². The molecule has 0 radical (unpaired) electrons. The zero-order valence-corrected chi connectivity index (χ0v) is 36.5. The van der Waals surface area contributed by atoms with Gasteiger partial charge in [-0.25, -0.2) is 0 Å². The average molecular weight is 871 g/mol. The molecule has 0 fully saturated rings. The summed E-state index contributed by atoms with van der Waals surface area (Å²) < 4.78 is 23.5. The lowest BCUT2D eigenvalue weighted by molar-refractivity contribution is 0.454. The molecule has 0 N–H and O–H groups in total. The molecule has 6 heterocycles. The van der Waals surface area contributed by atoms with Gasteiger partial charge in [-0.3, -0.25) is 4.90 Å². The molecule has 316 valence electrons. The Kier molecular flexibility index (Phi) is 7.83. The summed E-state index contributed by atoms with van der Waals surface area (Å²) in [5.41, 5.74) is 14.5. The molecule has 0 saturated heterocycles. The van der Waals surface area contributed by atoms with Crippen LogP contribution in [-0.4, -0.2) is 23.0 Å². The number of pyridine rings is 1. The fourth-order valence-corrected chi connectivity index (χ4v) is 11.3. The molecule has 0 aliphatic carbocycles. The summed E-state index contributed by atoms with van der Waals surface area (Å²) in [7, 11) is 0. The SMILES string of the molecule is c1ccc(N(c2ccccc2)c2cc3c4c(c2)Oc2nc5c(cc2B4c2ccccc2O3)B2c3ccccc3Oc3cc(-n4c6ccccc6c6ccccc64)cc(c32)N5c2ccccc2)cc1. The van der Waals surface area contributed by atoms with Crippen molar-refractivity contribution in [2.24, 2.45) is 0 Å². The number of nitrogens with zero attached hydrogens (tertiary/aromatic N) is 4. The third-order valence-electron chi connectivity index (χ3n) is 14.1. The van der Waals surface area contributed by atoms with Gasteiger partial charge < -0.3 is 23.7 Å². The Balaban J connectivity index is 0.989. The number of aromatic nitrogens is 2. The van der Waals surface area contributed by atoms with E-state index in [9.17, 15) is 0 Å². The molecular weight excluding hydrogens is 834 g/mol. The van der Waals surface area contributed by atoms with Crippen LogP contribution in [0.15, 0.2) is 218 Å². The molecule has 15 rings (SSSR count). The van der Waals surface area contributed by atoms with E-state index in [1.807, 2.05) is 18.2 Å². The molecule has 9 heteroatoms. The van der Waals surface area contributed by atoms with Gasteiger partial charge in [-0.05, 0) is 94.0 Å². The Bertz CT molecular complexity index is 3790. The van der Waals surface area contributed by atoms with Gasteiger partial charge >= 0.3 is 0 Å². The van der Waals surface area contributed by atoms with E-state index < -0.39 is 0 Å². The predicted molar refractivity (Wildman–Crippen MR) is 277 cm³/mol. The summed E-state index contributed by atoms with van der Waals surface area (Å²) in [4.78, 5) is 10.3. The van der Waals surface area contributed by atoms with Crippen LogP contribution < -0.4 is 56.8 Å². The topological polar surface area (TPSA) is 52.0 Å². The maximum atomic E-state index is 7.22. The van der Waals surface area contributed by atoms with Gasteiger partial charge in [0.1, 0.15) is 34.6 Å². The first-order chi connectivity index (χ1) is 33.7. The highest BCUT2D eigenvalue weighted by Crippen LogP contribution is 2.46. The summed E-state index contributed by atoms with van der Waals surface area (Å²) in [5, 5.41) is 2.40. The predicted octanol–water partition coefficient (Wildman–Crippen LogP) is 10.8. The second kappa shape index (κ2) is 14.3. The van der Waals surface area contributed by atoms with Crippen molar-refractivity contribution in [3.8, 4) is 40.3 Å². The molecule has 2 aromatic heterocycles. The van der Waals surface area contributed by atoms with Gasteiger partial charge in [0.2, 0.25) is 5.88 Å². The summed E-state index contributed by atoms with van der Waals surface area (Å²) in [5.74, 6) is 5.32. The van der Waals surface area contributed by atoms with Gasteiger partial charge in [0.15, 0.2) is 0 Å². The van der Waals surface area contributed by atoms with Crippen molar-refractivity contribution in [1.82, 2.24) is 9.55 Å². The van der Waals surface area contributed by atoms with E-state index in [1.165, 1.54) is 10.8 Å². The lowest BCUT2D eigenvalue weighted by Gasteiger charge is -2.41. The first-order valence-electron chi connectivity index (χ1n) is 23.1. The minimum atomic E-state index is -0.207. The van der Waals surface area contributed by atoms with Gasteiger partial charge in [0.25, 0.3) is 13.4 Å². The minimum Gasteiger partial charge on any atom is -0.458 e. The first-order valence-corrected chi connectivity index (χ1v) is 23.1. The van der Waals surface area contributed by atoms with Crippen molar-refractivity contribution in [3.63, 3.8) is 0 Å².